The molecule has 214 valence electrons. The minimum atomic E-state index is -3.83. The SMILES string of the molecule is CC[C@H](C(=O)NC1CCCC1)N(Cc1cccc(OC)c1)C(=O)CCCN(c1ccc(F)c(F)c1)S(C)(=O)=O. The van der Waals surface area contributed by atoms with Crippen molar-refractivity contribution in [2.24, 2.45) is 0 Å². The van der Waals surface area contributed by atoms with Gasteiger partial charge in [-0.15, -0.1) is 0 Å². The molecule has 39 heavy (non-hydrogen) atoms. The summed E-state index contributed by atoms with van der Waals surface area (Å²) in [6.07, 6.45) is 5.37. The van der Waals surface area contributed by atoms with Gasteiger partial charge in [-0.05, 0) is 55.5 Å². The number of carbonyl (C=O) groups is 2. The molecule has 0 unspecified atom stereocenters. The lowest BCUT2D eigenvalue weighted by atomic mass is 10.1. The van der Waals surface area contributed by atoms with Crippen LogP contribution in [0.25, 0.3) is 0 Å². The molecule has 1 atom stereocenters. The van der Waals surface area contributed by atoms with Crippen LogP contribution < -0.4 is 14.4 Å². The zero-order valence-corrected chi connectivity index (χ0v) is 23.5. The molecule has 0 radical (unpaired) electrons. The van der Waals surface area contributed by atoms with Gasteiger partial charge in [0.05, 0.1) is 19.1 Å². The van der Waals surface area contributed by atoms with E-state index in [4.69, 9.17) is 4.74 Å². The molecular formula is C28H37F2N3O5S. The Morgan fingerprint density at radius 2 is 1.82 bits per heavy atom. The highest BCUT2D eigenvalue weighted by Crippen LogP contribution is 2.23. The van der Waals surface area contributed by atoms with Crippen LogP contribution in [0, 0.1) is 11.6 Å². The first-order valence-electron chi connectivity index (χ1n) is 13.2. The van der Waals surface area contributed by atoms with E-state index in [0.29, 0.717) is 12.2 Å². The summed E-state index contributed by atoms with van der Waals surface area (Å²) in [7, 11) is -2.28. The highest BCUT2D eigenvalue weighted by molar-refractivity contribution is 7.92. The Balaban J connectivity index is 1.78. The Labute approximate surface area is 229 Å². The summed E-state index contributed by atoms with van der Waals surface area (Å²) >= 11 is 0. The van der Waals surface area contributed by atoms with Crippen molar-refractivity contribution < 1.29 is 31.5 Å². The highest BCUT2D eigenvalue weighted by Gasteiger charge is 2.31. The third-order valence-electron chi connectivity index (χ3n) is 6.92. The molecule has 0 heterocycles. The van der Waals surface area contributed by atoms with Crippen molar-refractivity contribution in [2.75, 3.05) is 24.2 Å². The fourth-order valence-corrected chi connectivity index (χ4v) is 5.86. The van der Waals surface area contributed by atoms with Crippen molar-refractivity contribution in [3.63, 3.8) is 0 Å². The number of anilines is 1. The van der Waals surface area contributed by atoms with Crippen molar-refractivity contribution in [3.05, 3.63) is 59.7 Å². The molecule has 1 saturated carbocycles. The van der Waals surface area contributed by atoms with Gasteiger partial charge in [-0.2, -0.15) is 0 Å². The Kier molecular flexibility index (Phi) is 10.7. The quantitative estimate of drug-likeness (QED) is 0.389. The molecule has 3 rings (SSSR count). The summed E-state index contributed by atoms with van der Waals surface area (Å²) < 4.78 is 58.2. The number of sulfonamides is 1. The number of benzene rings is 2. The van der Waals surface area contributed by atoms with Gasteiger partial charge in [0.2, 0.25) is 21.8 Å². The van der Waals surface area contributed by atoms with Crippen LogP contribution in [0.4, 0.5) is 14.5 Å². The largest absolute Gasteiger partial charge is 0.497 e. The number of ether oxygens (including phenoxy) is 1. The molecule has 1 fully saturated rings. The topological polar surface area (TPSA) is 96.0 Å². The second-order valence-electron chi connectivity index (χ2n) is 9.82. The molecule has 1 N–H and O–H groups in total. The highest BCUT2D eigenvalue weighted by atomic mass is 32.2. The first-order valence-corrected chi connectivity index (χ1v) is 15.0. The number of hydrogen-bond donors (Lipinski definition) is 1. The maximum Gasteiger partial charge on any atom is 0.243 e. The number of nitrogens with one attached hydrogen (secondary N) is 1. The van der Waals surface area contributed by atoms with Crippen LogP contribution in [-0.4, -0.2) is 57.1 Å². The number of rotatable bonds is 13. The van der Waals surface area contributed by atoms with Crippen LogP contribution in [0.15, 0.2) is 42.5 Å². The lowest BCUT2D eigenvalue weighted by Crippen LogP contribution is -2.51. The summed E-state index contributed by atoms with van der Waals surface area (Å²) in [4.78, 5) is 28.3. The molecule has 1 aliphatic carbocycles. The van der Waals surface area contributed by atoms with Gasteiger partial charge in [0, 0.05) is 31.6 Å². The van der Waals surface area contributed by atoms with E-state index in [2.05, 4.69) is 5.32 Å². The van der Waals surface area contributed by atoms with Crippen LogP contribution >= 0.6 is 0 Å². The van der Waals surface area contributed by atoms with Gasteiger partial charge in [-0.1, -0.05) is 31.9 Å². The lowest BCUT2D eigenvalue weighted by molar-refractivity contribution is -0.141. The molecule has 0 saturated heterocycles. The van der Waals surface area contributed by atoms with E-state index in [0.717, 1.165) is 53.9 Å². The van der Waals surface area contributed by atoms with E-state index in [1.54, 1.807) is 19.2 Å². The summed E-state index contributed by atoms with van der Waals surface area (Å²) in [5.41, 5.74) is 0.758. The van der Waals surface area contributed by atoms with Crippen LogP contribution in [0.5, 0.6) is 5.75 Å². The summed E-state index contributed by atoms with van der Waals surface area (Å²) in [5, 5.41) is 3.09. The van der Waals surface area contributed by atoms with Crippen molar-refractivity contribution >= 4 is 27.5 Å². The molecule has 1 aliphatic rings. The van der Waals surface area contributed by atoms with Gasteiger partial charge in [-0.25, -0.2) is 17.2 Å². The molecule has 0 aliphatic heterocycles. The second kappa shape index (κ2) is 13.7. The van der Waals surface area contributed by atoms with E-state index in [9.17, 15) is 26.8 Å². The molecule has 2 amide bonds. The minimum Gasteiger partial charge on any atom is -0.497 e. The van der Waals surface area contributed by atoms with Crippen LogP contribution in [0.2, 0.25) is 0 Å². The van der Waals surface area contributed by atoms with Gasteiger partial charge in [0.25, 0.3) is 0 Å². The zero-order valence-electron chi connectivity index (χ0n) is 22.7. The average Bonchev–Trinajstić information content (AvgIpc) is 3.40. The minimum absolute atomic E-state index is 0.0283. The molecule has 0 aromatic heterocycles. The maximum atomic E-state index is 13.8. The molecule has 2 aromatic rings. The first-order chi connectivity index (χ1) is 18.5. The predicted octanol–water partition coefficient (Wildman–Crippen LogP) is 4.39. The Bertz CT molecular complexity index is 1250. The van der Waals surface area contributed by atoms with Gasteiger partial charge in [-0.3, -0.25) is 13.9 Å². The Hall–Kier alpha value is -3.21. The average molecular weight is 566 g/mol. The van der Waals surface area contributed by atoms with Crippen molar-refractivity contribution in [1.82, 2.24) is 10.2 Å². The van der Waals surface area contributed by atoms with Crippen molar-refractivity contribution in [2.45, 2.75) is 70.5 Å². The number of methoxy groups -OCH3 is 1. The molecule has 11 heteroatoms. The molecule has 2 aromatic carbocycles. The Morgan fingerprint density at radius 1 is 1.10 bits per heavy atom. The van der Waals surface area contributed by atoms with Crippen LogP contribution in [0.3, 0.4) is 0 Å². The fourth-order valence-electron chi connectivity index (χ4n) is 4.90. The normalized spacial score (nSPS) is 14.6. The van der Waals surface area contributed by atoms with Crippen molar-refractivity contribution in [3.8, 4) is 5.75 Å². The smallest absolute Gasteiger partial charge is 0.243 e. The van der Waals surface area contributed by atoms with Gasteiger partial charge in [0.15, 0.2) is 11.6 Å². The first kappa shape index (κ1) is 30.3. The number of carbonyl (C=O) groups excluding carboxylic acids is 2. The van der Waals surface area contributed by atoms with E-state index < -0.39 is 27.7 Å². The number of nitrogens with zero attached hydrogens (tertiary/aromatic N) is 2. The molecule has 0 bridgehead atoms. The number of hydrogen-bond acceptors (Lipinski definition) is 5. The van der Waals surface area contributed by atoms with E-state index in [1.807, 2.05) is 19.1 Å². The summed E-state index contributed by atoms with van der Waals surface area (Å²) in [6, 6.07) is 9.49. The van der Waals surface area contributed by atoms with E-state index >= 15 is 0 Å². The second-order valence-corrected chi connectivity index (χ2v) is 11.7. The summed E-state index contributed by atoms with van der Waals surface area (Å²) in [5.74, 6) is -2.15. The third-order valence-corrected chi connectivity index (χ3v) is 8.11. The number of halogens is 2. The Morgan fingerprint density at radius 3 is 2.44 bits per heavy atom. The summed E-state index contributed by atoms with van der Waals surface area (Å²) in [6.45, 7) is 1.90. The van der Waals surface area contributed by atoms with Crippen molar-refractivity contribution in [1.29, 1.82) is 0 Å². The zero-order chi connectivity index (χ0) is 28.6. The third kappa shape index (κ3) is 8.39. The van der Waals surface area contributed by atoms with Gasteiger partial charge in [0.1, 0.15) is 11.8 Å². The fraction of sp³-hybridized carbons (Fsp3) is 0.500. The van der Waals surface area contributed by atoms with Crippen LogP contribution in [0.1, 0.15) is 57.4 Å². The standard InChI is InChI=1S/C28H37F2N3O5S/c1-4-26(28(35)31-21-10-5-6-11-21)32(19-20-9-7-12-23(17-20)38-2)27(34)13-8-16-33(39(3,36)37)22-14-15-24(29)25(30)18-22/h7,9,12,14-15,17-18,21,26H,4-6,8,10-11,13,16,19H2,1-3H3,(H,31,35)/t26-/m1/s1. The van der Waals surface area contributed by atoms with E-state index in [1.165, 1.54) is 11.0 Å². The number of amides is 2. The van der Waals surface area contributed by atoms with Crippen LogP contribution in [-0.2, 0) is 26.2 Å². The lowest BCUT2D eigenvalue weighted by Gasteiger charge is -2.32. The van der Waals surface area contributed by atoms with Gasteiger partial charge < -0.3 is 15.0 Å². The molecule has 0 spiro atoms. The maximum absolute atomic E-state index is 13.8. The predicted molar refractivity (Wildman–Crippen MR) is 146 cm³/mol. The van der Waals surface area contributed by atoms with Gasteiger partial charge >= 0.3 is 0 Å². The molecular weight excluding hydrogens is 528 g/mol. The monoisotopic (exact) mass is 565 g/mol. The van der Waals surface area contributed by atoms with E-state index in [-0.39, 0.29) is 49.5 Å². The molecule has 8 nitrogen and oxygen atoms in total.